The molecule has 1 saturated heterocycles. The van der Waals surface area contributed by atoms with Gasteiger partial charge >= 0.3 is 12.0 Å². The summed E-state index contributed by atoms with van der Waals surface area (Å²) in [6.45, 7) is 3.49. The van der Waals surface area contributed by atoms with Crippen molar-refractivity contribution in [3.8, 4) is 12.3 Å². The smallest absolute Gasteiger partial charge is 0.317 e. The number of amides is 2. The molecular weight excluding hydrogens is 244 g/mol. The first-order valence-corrected chi connectivity index (χ1v) is 6.73. The zero-order valence-electron chi connectivity index (χ0n) is 11.4. The van der Waals surface area contributed by atoms with E-state index in [9.17, 15) is 9.59 Å². The molecule has 0 aromatic rings. The monoisotopic (exact) mass is 266 g/mol. The highest BCUT2D eigenvalue weighted by Crippen LogP contribution is 2.21. The van der Waals surface area contributed by atoms with Crippen molar-refractivity contribution in [3.63, 3.8) is 0 Å². The van der Waals surface area contributed by atoms with E-state index in [2.05, 4.69) is 11.2 Å². The molecule has 1 heterocycles. The number of rotatable bonds is 5. The van der Waals surface area contributed by atoms with Gasteiger partial charge in [0.05, 0.1) is 5.92 Å². The van der Waals surface area contributed by atoms with Crippen LogP contribution in [-0.4, -0.2) is 41.6 Å². The third-order valence-electron chi connectivity index (χ3n) is 3.32. The van der Waals surface area contributed by atoms with Gasteiger partial charge in [-0.05, 0) is 25.2 Å². The lowest BCUT2D eigenvalue weighted by Crippen LogP contribution is -2.49. The Morgan fingerprint density at radius 3 is 2.79 bits per heavy atom. The molecule has 2 atom stereocenters. The number of hydrogen-bond donors (Lipinski definition) is 2. The maximum absolute atomic E-state index is 11.9. The Morgan fingerprint density at radius 2 is 2.16 bits per heavy atom. The average molecular weight is 266 g/mol. The highest BCUT2D eigenvalue weighted by molar-refractivity contribution is 5.76. The molecule has 5 heteroatoms. The van der Waals surface area contributed by atoms with E-state index in [0.29, 0.717) is 26.1 Å². The number of unbranched alkanes of at least 4 members (excludes halogenated alkanes) is 2. The number of carbonyl (C=O) groups excluding carboxylic acids is 1. The second-order valence-corrected chi connectivity index (χ2v) is 5.17. The Bertz CT molecular complexity index is 362. The van der Waals surface area contributed by atoms with Crippen molar-refractivity contribution in [3.05, 3.63) is 0 Å². The van der Waals surface area contributed by atoms with Crippen molar-refractivity contribution in [2.45, 2.75) is 32.6 Å². The van der Waals surface area contributed by atoms with Gasteiger partial charge in [0, 0.05) is 26.1 Å². The maximum atomic E-state index is 11.9. The summed E-state index contributed by atoms with van der Waals surface area (Å²) in [7, 11) is 0. The minimum atomic E-state index is -0.821. The fourth-order valence-electron chi connectivity index (χ4n) is 2.36. The maximum Gasteiger partial charge on any atom is 0.317 e. The van der Waals surface area contributed by atoms with Crippen molar-refractivity contribution in [1.29, 1.82) is 0 Å². The zero-order valence-corrected chi connectivity index (χ0v) is 11.4. The van der Waals surface area contributed by atoms with Crippen molar-refractivity contribution in [1.82, 2.24) is 10.2 Å². The summed E-state index contributed by atoms with van der Waals surface area (Å²) in [4.78, 5) is 24.6. The Balaban J connectivity index is 2.35. The molecule has 0 aromatic heterocycles. The third-order valence-corrected chi connectivity index (χ3v) is 3.32. The Kier molecular flexibility index (Phi) is 6.20. The van der Waals surface area contributed by atoms with E-state index in [1.54, 1.807) is 4.90 Å². The number of urea groups is 1. The number of terminal acetylenes is 1. The summed E-state index contributed by atoms with van der Waals surface area (Å²) in [6.07, 6.45) is 8.25. The molecule has 1 rings (SSSR count). The van der Waals surface area contributed by atoms with Gasteiger partial charge in [-0.25, -0.2) is 4.79 Å². The van der Waals surface area contributed by atoms with Gasteiger partial charge in [-0.1, -0.05) is 6.92 Å². The SMILES string of the molecule is C#CCCCCNC(=O)N1CC(C)CC(C(=O)O)C1. The molecule has 2 unspecified atom stereocenters. The van der Waals surface area contributed by atoms with E-state index in [1.807, 2.05) is 6.92 Å². The van der Waals surface area contributed by atoms with Crippen molar-refractivity contribution in [2.75, 3.05) is 19.6 Å². The van der Waals surface area contributed by atoms with Gasteiger partial charge in [0.15, 0.2) is 0 Å². The molecule has 1 aliphatic heterocycles. The predicted molar refractivity (Wildman–Crippen MR) is 72.6 cm³/mol. The summed E-state index contributed by atoms with van der Waals surface area (Å²) in [5.74, 6) is 1.51. The van der Waals surface area contributed by atoms with Crippen LogP contribution in [0.3, 0.4) is 0 Å². The molecule has 1 aliphatic rings. The molecule has 0 aliphatic carbocycles. The van der Waals surface area contributed by atoms with Crippen LogP contribution in [0, 0.1) is 24.2 Å². The lowest BCUT2D eigenvalue weighted by atomic mass is 9.91. The van der Waals surface area contributed by atoms with E-state index in [1.165, 1.54) is 0 Å². The molecule has 0 spiro atoms. The standard InChI is InChI=1S/C14H22N2O3/c1-3-4-5-6-7-15-14(19)16-9-11(2)8-12(10-16)13(17)18/h1,11-12H,4-10H2,2H3,(H,15,19)(H,17,18). The van der Waals surface area contributed by atoms with Crippen LogP contribution in [0.25, 0.3) is 0 Å². The van der Waals surface area contributed by atoms with Gasteiger partial charge in [-0.15, -0.1) is 12.3 Å². The number of likely N-dealkylation sites (tertiary alicyclic amines) is 1. The van der Waals surface area contributed by atoms with Gasteiger partial charge in [-0.2, -0.15) is 0 Å². The van der Waals surface area contributed by atoms with Crippen LogP contribution < -0.4 is 5.32 Å². The summed E-state index contributed by atoms with van der Waals surface area (Å²) < 4.78 is 0. The molecule has 5 nitrogen and oxygen atoms in total. The topological polar surface area (TPSA) is 69.6 Å². The van der Waals surface area contributed by atoms with Crippen LogP contribution in [0.1, 0.15) is 32.6 Å². The highest BCUT2D eigenvalue weighted by Gasteiger charge is 2.31. The van der Waals surface area contributed by atoms with Crippen molar-refractivity contribution >= 4 is 12.0 Å². The number of nitrogens with one attached hydrogen (secondary N) is 1. The molecule has 2 amide bonds. The van der Waals surface area contributed by atoms with Gasteiger partial charge in [0.2, 0.25) is 0 Å². The number of piperidine rings is 1. The van der Waals surface area contributed by atoms with Crippen LogP contribution in [0.5, 0.6) is 0 Å². The molecule has 1 fully saturated rings. The minimum absolute atomic E-state index is 0.168. The second kappa shape index (κ2) is 7.67. The number of nitrogens with zero attached hydrogens (tertiary/aromatic N) is 1. The van der Waals surface area contributed by atoms with Crippen LogP contribution in [0.2, 0.25) is 0 Å². The number of carboxylic acid groups (broad SMARTS) is 1. The predicted octanol–water partition coefficient (Wildman–Crippen LogP) is 1.54. The van der Waals surface area contributed by atoms with E-state index >= 15 is 0 Å². The van der Waals surface area contributed by atoms with Crippen LogP contribution in [0.15, 0.2) is 0 Å². The van der Waals surface area contributed by atoms with Crippen LogP contribution >= 0.6 is 0 Å². The average Bonchev–Trinajstić information content (AvgIpc) is 2.37. The minimum Gasteiger partial charge on any atom is -0.481 e. The molecular formula is C14H22N2O3. The first kappa shape index (κ1) is 15.4. The van der Waals surface area contributed by atoms with Crippen molar-refractivity contribution in [2.24, 2.45) is 11.8 Å². The normalized spacial score (nSPS) is 22.6. The summed E-state index contributed by atoms with van der Waals surface area (Å²) in [5.41, 5.74) is 0. The van der Waals surface area contributed by atoms with Gasteiger partial charge in [-0.3, -0.25) is 4.79 Å². The lowest BCUT2D eigenvalue weighted by molar-refractivity contribution is -0.143. The number of carboxylic acids is 1. The van der Waals surface area contributed by atoms with E-state index in [0.717, 1.165) is 19.3 Å². The lowest BCUT2D eigenvalue weighted by Gasteiger charge is -2.34. The van der Waals surface area contributed by atoms with Crippen LogP contribution in [0.4, 0.5) is 4.79 Å². The molecule has 0 bridgehead atoms. The van der Waals surface area contributed by atoms with Gasteiger partial charge < -0.3 is 15.3 Å². The fourth-order valence-corrected chi connectivity index (χ4v) is 2.36. The van der Waals surface area contributed by atoms with Gasteiger partial charge in [0.25, 0.3) is 0 Å². The van der Waals surface area contributed by atoms with E-state index in [4.69, 9.17) is 11.5 Å². The quantitative estimate of drug-likeness (QED) is 0.586. The zero-order chi connectivity index (χ0) is 14.3. The largest absolute Gasteiger partial charge is 0.481 e. The van der Waals surface area contributed by atoms with Crippen LogP contribution in [-0.2, 0) is 4.79 Å². The fraction of sp³-hybridized carbons (Fsp3) is 0.714. The number of hydrogen-bond acceptors (Lipinski definition) is 2. The van der Waals surface area contributed by atoms with Crippen molar-refractivity contribution < 1.29 is 14.7 Å². The summed E-state index contributed by atoms with van der Waals surface area (Å²) in [5, 5.41) is 11.9. The highest BCUT2D eigenvalue weighted by atomic mass is 16.4. The van der Waals surface area contributed by atoms with Gasteiger partial charge in [0.1, 0.15) is 0 Å². The summed E-state index contributed by atoms with van der Waals surface area (Å²) in [6, 6.07) is -0.168. The van der Waals surface area contributed by atoms with E-state index < -0.39 is 11.9 Å². The Morgan fingerprint density at radius 1 is 1.42 bits per heavy atom. The molecule has 0 aromatic carbocycles. The number of aliphatic carboxylic acids is 1. The molecule has 0 saturated carbocycles. The molecule has 2 N–H and O–H groups in total. The Labute approximate surface area is 114 Å². The molecule has 19 heavy (non-hydrogen) atoms. The Hall–Kier alpha value is -1.70. The molecule has 106 valence electrons. The molecule has 0 radical (unpaired) electrons. The third kappa shape index (κ3) is 5.21. The van der Waals surface area contributed by atoms with E-state index in [-0.39, 0.29) is 11.9 Å². The number of carbonyl (C=O) groups is 2. The first-order valence-electron chi connectivity index (χ1n) is 6.73. The summed E-state index contributed by atoms with van der Waals surface area (Å²) >= 11 is 0. The first-order chi connectivity index (χ1) is 9.04. The second-order valence-electron chi connectivity index (χ2n) is 5.17.